The van der Waals surface area contributed by atoms with Gasteiger partial charge >= 0.3 is 0 Å². The molecule has 0 fully saturated rings. The van der Waals surface area contributed by atoms with Gasteiger partial charge in [-0.15, -0.1) is 0 Å². The Kier molecular flexibility index (Phi) is 5.85. The molecule has 0 aliphatic rings. The molecular weight excluding hydrogens is 420 g/mol. The Hall–Kier alpha value is -3.46. The van der Waals surface area contributed by atoms with E-state index in [1.165, 1.54) is 17.1 Å². The lowest BCUT2D eigenvalue weighted by atomic mass is 10.1. The van der Waals surface area contributed by atoms with Gasteiger partial charge < -0.3 is 9.84 Å². The largest absolute Gasteiger partial charge is 0.361 e. The van der Waals surface area contributed by atoms with Gasteiger partial charge in [0.25, 0.3) is 5.56 Å². The van der Waals surface area contributed by atoms with Crippen LogP contribution in [0.4, 0.5) is 0 Å². The number of amides is 1. The van der Waals surface area contributed by atoms with Crippen molar-refractivity contribution in [2.24, 2.45) is 0 Å². The van der Waals surface area contributed by atoms with Crippen molar-refractivity contribution in [1.82, 2.24) is 29.8 Å². The molecular formula is C21H21ClN6O3. The Morgan fingerprint density at radius 3 is 2.71 bits per heavy atom. The van der Waals surface area contributed by atoms with Crippen molar-refractivity contribution >= 4 is 28.5 Å². The molecule has 4 aromatic rings. The first-order chi connectivity index (χ1) is 14.9. The van der Waals surface area contributed by atoms with Crippen LogP contribution in [0, 0.1) is 13.8 Å². The third kappa shape index (κ3) is 4.51. The maximum Gasteiger partial charge on any atom is 0.264 e. The average molecular weight is 441 g/mol. The Labute approximate surface area is 182 Å². The summed E-state index contributed by atoms with van der Waals surface area (Å²) in [4.78, 5) is 29.4. The first-order valence-electron chi connectivity index (χ1n) is 9.76. The topological polar surface area (TPSA) is 108 Å². The first kappa shape index (κ1) is 20.8. The predicted molar refractivity (Wildman–Crippen MR) is 115 cm³/mol. The Morgan fingerprint density at radius 1 is 1.23 bits per heavy atom. The zero-order valence-corrected chi connectivity index (χ0v) is 17.9. The third-order valence-electron chi connectivity index (χ3n) is 5.05. The maximum atomic E-state index is 12.8. The molecule has 1 amide bonds. The van der Waals surface area contributed by atoms with Gasteiger partial charge in [0.05, 0.1) is 31.4 Å². The van der Waals surface area contributed by atoms with Crippen molar-refractivity contribution in [3.63, 3.8) is 0 Å². The van der Waals surface area contributed by atoms with Gasteiger partial charge in [-0.25, -0.2) is 9.67 Å². The summed E-state index contributed by atoms with van der Waals surface area (Å²) in [5.41, 5.74) is 2.77. The van der Waals surface area contributed by atoms with E-state index >= 15 is 0 Å². The fourth-order valence-electron chi connectivity index (χ4n) is 3.34. The Morgan fingerprint density at radius 2 is 2.00 bits per heavy atom. The lowest BCUT2D eigenvalue weighted by Gasteiger charge is -2.08. The number of carbonyl (C=O) groups excluding carboxylic acids is 1. The normalized spacial score (nSPS) is 11.2. The molecule has 0 radical (unpaired) electrons. The number of hydrogen-bond acceptors (Lipinski definition) is 6. The SMILES string of the molecule is Cc1noc(C)c1CC(=O)NCCn1ncc2c(=O)n(Cc3ccc(Cl)cc3)cnc21. The molecule has 0 bridgehead atoms. The summed E-state index contributed by atoms with van der Waals surface area (Å²) in [6.07, 6.45) is 3.22. The second-order valence-electron chi connectivity index (χ2n) is 7.24. The highest BCUT2D eigenvalue weighted by molar-refractivity contribution is 6.30. The number of hydrogen-bond donors (Lipinski definition) is 1. The summed E-state index contributed by atoms with van der Waals surface area (Å²) in [7, 11) is 0. The molecule has 10 heteroatoms. The predicted octanol–water partition coefficient (Wildman–Crippen LogP) is 2.26. The molecule has 0 spiro atoms. The summed E-state index contributed by atoms with van der Waals surface area (Å²) < 4.78 is 8.22. The van der Waals surface area contributed by atoms with Crippen LogP contribution in [0.3, 0.4) is 0 Å². The summed E-state index contributed by atoms with van der Waals surface area (Å²) >= 11 is 5.91. The molecule has 0 aliphatic heterocycles. The summed E-state index contributed by atoms with van der Waals surface area (Å²) in [5, 5.41) is 12.0. The van der Waals surface area contributed by atoms with Gasteiger partial charge in [0.15, 0.2) is 5.65 Å². The van der Waals surface area contributed by atoms with Crippen molar-refractivity contribution < 1.29 is 9.32 Å². The molecule has 0 saturated heterocycles. The van der Waals surface area contributed by atoms with E-state index in [0.29, 0.717) is 47.1 Å². The van der Waals surface area contributed by atoms with Crippen LogP contribution in [0.1, 0.15) is 22.6 Å². The van der Waals surface area contributed by atoms with Crippen LogP contribution >= 0.6 is 11.6 Å². The van der Waals surface area contributed by atoms with Gasteiger partial charge in [0, 0.05) is 17.1 Å². The minimum atomic E-state index is -0.173. The summed E-state index contributed by atoms with van der Waals surface area (Å²) in [6.45, 7) is 4.73. The molecule has 3 heterocycles. The highest BCUT2D eigenvalue weighted by Gasteiger charge is 2.14. The van der Waals surface area contributed by atoms with Crippen LogP contribution in [0.5, 0.6) is 0 Å². The van der Waals surface area contributed by atoms with Crippen molar-refractivity contribution in [1.29, 1.82) is 0 Å². The minimum absolute atomic E-state index is 0.135. The number of aryl methyl sites for hydroxylation is 2. The van der Waals surface area contributed by atoms with Crippen LogP contribution in [0.2, 0.25) is 5.02 Å². The molecule has 0 saturated carbocycles. The van der Waals surface area contributed by atoms with Gasteiger partial charge in [-0.1, -0.05) is 28.9 Å². The molecule has 0 unspecified atom stereocenters. The van der Waals surface area contributed by atoms with Gasteiger partial charge in [-0.05, 0) is 31.5 Å². The van der Waals surface area contributed by atoms with Crippen LogP contribution in [-0.2, 0) is 24.3 Å². The number of nitrogens with zero attached hydrogens (tertiary/aromatic N) is 5. The van der Waals surface area contributed by atoms with Gasteiger partial charge in [0.2, 0.25) is 5.91 Å². The summed E-state index contributed by atoms with van der Waals surface area (Å²) in [6, 6.07) is 7.30. The molecule has 1 aromatic carbocycles. The second kappa shape index (κ2) is 8.73. The molecule has 0 aliphatic carbocycles. The maximum absolute atomic E-state index is 12.8. The van der Waals surface area contributed by atoms with E-state index in [9.17, 15) is 9.59 Å². The second-order valence-corrected chi connectivity index (χ2v) is 7.67. The summed E-state index contributed by atoms with van der Waals surface area (Å²) in [5.74, 6) is 0.508. The number of benzene rings is 1. The number of nitrogens with one attached hydrogen (secondary N) is 1. The lowest BCUT2D eigenvalue weighted by Crippen LogP contribution is -2.29. The van der Waals surface area contributed by atoms with E-state index in [2.05, 4.69) is 20.6 Å². The molecule has 160 valence electrons. The Balaban J connectivity index is 1.41. The number of rotatable bonds is 7. The average Bonchev–Trinajstić information content (AvgIpc) is 3.30. The van der Waals surface area contributed by atoms with Gasteiger partial charge in [0.1, 0.15) is 17.5 Å². The zero-order chi connectivity index (χ0) is 22.0. The van der Waals surface area contributed by atoms with Crippen LogP contribution < -0.4 is 10.9 Å². The van der Waals surface area contributed by atoms with Crippen molar-refractivity contribution in [3.05, 3.63) is 74.7 Å². The van der Waals surface area contributed by atoms with Crippen LogP contribution in [-0.4, -0.2) is 36.9 Å². The van der Waals surface area contributed by atoms with E-state index < -0.39 is 0 Å². The number of aromatic nitrogens is 5. The van der Waals surface area contributed by atoms with Crippen molar-refractivity contribution in [2.75, 3.05) is 6.54 Å². The molecule has 4 rings (SSSR count). The van der Waals surface area contributed by atoms with E-state index in [4.69, 9.17) is 16.1 Å². The molecule has 31 heavy (non-hydrogen) atoms. The van der Waals surface area contributed by atoms with Crippen LogP contribution in [0.15, 0.2) is 46.1 Å². The Bertz CT molecular complexity index is 1270. The van der Waals surface area contributed by atoms with Gasteiger partial charge in [-0.3, -0.25) is 14.2 Å². The number of carbonyl (C=O) groups is 1. The molecule has 3 aromatic heterocycles. The standard InChI is InChI=1S/C21H21ClN6O3/c1-13-17(14(2)31-26-13)9-19(29)23-7-8-28-20-18(10-25-28)21(30)27(12-24-20)11-15-3-5-16(22)6-4-15/h3-6,10,12H,7-9,11H2,1-2H3,(H,23,29). The van der Waals surface area contributed by atoms with E-state index in [-0.39, 0.29) is 17.9 Å². The minimum Gasteiger partial charge on any atom is -0.361 e. The fourth-order valence-corrected chi connectivity index (χ4v) is 3.46. The van der Waals surface area contributed by atoms with E-state index in [1.54, 1.807) is 30.7 Å². The van der Waals surface area contributed by atoms with Gasteiger partial charge in [-0.2, -0.15) is 5.10 Å². The van der Waals surface area contributed by atoms with Crippen molar-refractivity contribution in [3.8, 4) is 0 Å². The quantitative estimate of drug-likeness (QED) is 0.472. The first-order valence-corrected chi connectivity index (χ1v) is 10.1. The zero-order valence-electron chi connectivity index (χ0n) is 17.1. The number of halogens is 1. The van der Waals surface area contributed by atoms with E-state index in [1.807, 2.05) is 12.1 Å². The van der Waals surface area contributed by atoms with Crippen molar-refractivity contribution in [2.45, 2.75) is 33.4 Å². The molecule has 1 N–H and O–H groups in total. The van der Waals surface area contributed by atoms with E-state index in [0.717, 1.165) is 11.1 Å². The fraction of sp³-hybridized carbons (Fsp3) is 0.286. The third-order valence-corrected chi connectivity index (χ3v) is 5.30. The highest BCUT2D eigenvalue weighted by Crippen LogP contribution is 2.13. The molecule has 0 atom stereocenters. The lowest BCUT2D eigenvalue weighted by molar-refractivity contribution is -0.120. The number of fused-ring (bicyclic) bond motifs is 1. The van der Waals surface area contributed by atoms with Crippen LogP contribution in [0.25, 0.3) is 11.0 Å². The smallest absolute Gasteiger partial charge is 0.264 e. The molecule has 9 nitrogen and oxygen atoms in total. The highest BCUT2D eigenvalue weighted by atomic mass is 35.5. The monoisotopic (exact) mass is 440 g/mol.